The van der Waals surface area contributed by atoms with E-state index in [1.165, 1.54) is 0 Å². The predicted octanol–water partition coefficient (Wildman–Crippen LogP) is 2.08. The number of halogens is 1. The molecule has 1 aliphatic rings. The van der Waals surface area contributed by atoms with Gasteiger partial charge in [-0.15, -0.1) is 0 Å². The molecule has 1 fully saturated rings. The van der Waals surface area contributed by atoms with Gasteiger partial charge in [0.15, 0.2) is 9.84 Å². The number of hydrogen-bond donors (Lipinski definition) is 2. The standard InChI is InChI=1S/C12H17ClN2O2S/c1-8-4-11(14)10(13)5-12(8)15-6-9-2-3-18(16,17)7-9/h4-5,9,15H,2-3,6-7,14H2,1H3. The van der Waals surface area contributed by atoms with E-state index >= 15 is 0 Å². The van der Waals surface area contributed by atoms with Crippen LogP contribution in [0.1, 0.15) is 12.0 Å². The van der Waals surface area contributed by atoms with Gasteiger partial charge in [0.05, 0.1) is 22.2 Å². The summed E-state index contributed by atoms with van der Waals surface area (Å²) in [7, 11) is -2.81. The Hall–Kier alpha value is -0.940. The van der Waals surface area contributed by atoms with Gasteiger partial charge in [0.1, 0.15) is 0 Å². The molecule has 18 heavy (non-hydrogen) atoms. The normalized spacial score (nSPS) is 22.0. The summed E-state index contributed by atoms with van der Waals surface area (Å²) in [5, 5.41) is 3.77. The second kappa shape index (κ2) is 4.97. The third-order valence-electron chi connectivity index (χ3n) is 3.25. The minimum absolute atomic E-state index is 0.186. The van der Waals surface area contributed by atoms with Crippen molar-refractivity contribution in [2.75, 3.05) is 29.1 Å². The van der Waals surface area contributed by atoms with Crippen molar-refractivity contribution >= 4 is 32.8 Å². The molecule has 2 rings (SSSR count). The molecule has 4 nitrogen and oxygen atoms in total. The number of nitrogens with two attached hydrogens (primary N) is 1. The van der Waals surface area contributed by atoms with Gasteiger partial charge in [0.25, 0.3) is 0 Å². The van der Waals surface area contributed by atoms with E-state index in [1.54, 1.807) is 6.07 Å². The third-order valence-corrected chi connectivity index (χ3v) is 5.42. The van der Waals surface area contributed by atoms with Crippen molar-refractivity contribution in [3.63, 3.8) is 0 Å². The lowest BCUT2D eigenvalue weighted by Crippen LogP contribution is -2.16. The fourth-order valence-electron chi connectivity index (χ4n) is 2.18. The number of sulfone groups is 1. The Bertz CT molecular complexity index is 557. The molecule has 1 aromatic carbocycles. The summed E-state index contributed by atoms with van der Waals surface area (Å²) in [6, 6.07) is 3.60. The summed E-state index contributed by atoms with van der Waals surface area (Å²) < 4.78 is 22.7. The summed E-state index contributed by atoms with van der Waals surface area (Å²) >= 11 is 5.97. The van der Waals surface area contributed by atoms with Crippen molar-refractivity contribution in [3.05, 3.63) is 22.7 Å². The van der Waals surface area contributed by atoms with Gasteiger partial charge in [-0.1, -0.05) is 11.6 Å². The number of hydrogen-bond acceptors (Lipinski definition) is 4. The molecule has 0 saturated carbocycles. The Morgan fingerprint density at radius 3 is 2.83 bits per heavy atom. The SMILES string of the molecule is Cc1cc(N)c(Cl)cc1NCC1CCS(=O)(=O)C1. The van der Waals surface area contributed by atoms with Crippen LogP contribution in [-0.2, 0) is 9.84 Å². The van der Waals surface area contributed by atoms with Crippen LogP contribution in [0, 0.1) is 12.8 Å². The van der Waals surface area contributed by atoms with Crippen LogP contribution < -0.4 is 11.1 Å². The molecule has 0 amide bonds. The van der Waals surface area contributed by atoms with Gasteiger partial charge in [-0.25, -0.2) is 8.42 Å². The second-order valence-corrected chi connectivity index (χ2v) is 7.47. The number of anilines is 2. The molecule has 0 aliphatic carbocycles. The maximum Gasteiger partial charge on any atom is 0.150 e. The lowest BCUT2D eigenvalue weighted by Gasteiger charge is -2.14. The zero-order valence-corrected chi connectivity index (χ0v) is 11.8. The van der Waals surface area contributed by atoms with Crippen LogP contribution in [0.4, 0.5) is 11.4 Å². The summed E-state index contributed by atoms with van der Waals surface area (Å²) in [6.07, 6.45) is 0.733. The monoisotopic (exact) mass is 288 g/mol. The minimum Gasteiger partial charge on any atom is -0.398 e. The van der Waals surface area contributed by atoms with Crippen LogP contribution in [0.2, 0.25) is 5.02 Å². The van der Waals surface area contributed by atoms with E-state index in [-0.39, 0.29) is 11.7 Å². The molecule has 1 heterocycles. The van der Waals surface area contributed by atoms with Crippen molar-refractivity contribution in [1.82, 2.24) is 0 Å². The number of nitrogen functional groups attached to an aromatic ring is 1. The van der Waals surface area contributed by atoms with Gasteiger partial charge < -0.3 is 11.1 Å². The minimum atomic E-state index is -2.81. The fourth-order valence-corrected chi connectivity index (χ4v) is 4.21. The maximum absolute atomic E-state index is 11.4. The van der Waals surface area contributed by atoms with Gasteiger partial charge in [-0.05, 0) is 37.0 Å². The second-order valence-electron chi connectivity index (χ2n) is 4.84. The Balaban J connectivity index is 2.01. The molecular weight excluding hydrogens is 272 g/mol. The topological polar surface area (TPSA) is 72.2 Å². The van der Waals surface area contributed by atoms with Gasteiger partial charge in [0.2, 0.25) is 0 Å². The third kappa shape index (κ3) is 3.09. The zero-order valence-electron chi connectivity index (χ0n) is 10.2. The molecule has 1 aromatic rings. The zero-order chi connectivity index (χ0) is 13.3. The van der Waals surface area contributed by atoms with Crippen molar-refractivity contribution in [2.24, 2.45) is 5.92 Å². The van der Waals surface area contributed by atoms with Crippen LogP contribution in [0.5, 0.6) is 0 Å². The first-order chi connectivity index (χ1) is 8.37. The van der Waals surface area contributed by atoms with Crippen LogP contribution in [0.25, 0.3) is 0 Å². The molecule has 0 spiro atoms. The molecule has 0 aromatic heterocycles. The Morgan fingerprint density at radius 2 is 2.22 bits per heavy atom. The van der Waals surface area contributed by atoms with Gasteiger partial charge >= 0.3 is 0 Å². The molecule has 0 bridgehead atoms. The van der Waals surface area contributed by atoms with E-state index in [0.29, 0.717) is 23.0 Å². The van der Waals surface area contributed by atoms with Crippen molar-refractivity contribution in [3.8, 4) is 0 Å². The smallest absolute Gasteiger partial charge is 0.150 e. The molecule has 1 atom stereocenters. The van der Waals surface area contributed by atoms with Gasteiger partial charge in [-0.3, -0.25) is 0 Å². The van der Waals surface area contributed by atoms with Crippen molar-refractivity contribution in [1.29, 1.82) is 0 Å². The molecule has 1 unspecified atom stereocenters. The van der Waals surface area contributed by atoms with Crippen molar-refractivity contribution in [2.45, 2.75) is 13.3 Å². The van der Waals surface area contributed by atoms with Crippen LogP contribution in [0.3, 0.4) is 0 Å². The lowest BCUT2D eigenvalue weighted by atomic mass is 10.1. The summed E-state index contributed by atoms with van der Waals surface area (Å²) in [4.78, 5) is 0. The molecule has 1 aliphatic heterocycles. The van der Waals surface area contributed by atoms with Crippen LogP contribution in [-0.4, -0.2) is 26.5 Å². The van der Waals surface area contributed by atoms with E-state index in [1.807, 2.05) is 13.0 Å². The highest BCUT2D eigenvalue weighted by molar-refractivity contribution is 7.91. The summed E-state index contributed by atoms with van der Waals surface area (Å²) in [5.74, 6) is 0.772. The Labute approximate surface area is 112 Å². The number of rotatable bonds is 3. The lowest BCUT2D eigenvalue weighted by molar-refractivity contribution is 0.596. The average Bonchev–Trinajstić information content (AvgIpc) is 2.62. The van der Waals surface area contributed by atoms with Crippen molar-refractivity contribution < 1.29 is 8.42 Å². The van der Waals surface area contributed by atoms with Gasteiger partial charge in [-0.2, -0.15) is 0 Å². The highest BCUT2D eigenvalue weighted by atomic mass is 35.5. The summed E-state index contributed by atoms with van der Waals surface area (Å²) in [6.45, 7) is 2.60. The van der Waals surface area contributed by atoms with Gasteiger partial charge in [0, 0.05) is 12.2 Å². The first kappa shape index (κ1) is 13.5. The molecule has 3 N–H and O–H groups in total. The molecule has 6 heteroatoms. The first-order valence-electron chi connectivity index (χ1n) is 5.87. The molecular formula is C12H17ClN2O2S. The van der Waals surface area contributed by atoms with Crippen LogP contribution >= 0.6 is 11.6 Å². The molecule has 1 saturated heterocycles. The number of benzene rings is 1. The van der Waals surface area contributed by atoms with E-state index in [9.17, 15) is 8.42 Å². The van der Waals surface area contributed by atoms with E-state index in [2.05, 4.69) is 5.32 Å². The van der Waals surface area contributed by atoms with E-state index < -0.39 is 9.84 Å². The average molecular weight is 289 g/mol. The first-order valence-corrected chi connectivity index (χ1v) is 8.07. The Morgan fingerprint density at radius 1 is 1.50 bits per heavy atom. The predicted molar refractivity (Wildman–Crippen MR) is 75.9 cm³/mol. The van der Waals surface area contributed by atoms with Crippen LogP contribution in [0.15, 0.2) is 12.1 Å². The van der Waals surface area contributed by atoms with E-state index in [0.717, 1.165) is 17.7 Å². The fraction of sp³-hybridized carbons (Fsp3) is 0.500. The number of nitrogens with one attached hydrogen (secondary N) is 1. The maximum atomic E-state index is 11.4. The van der Waals surface area contributed by atoms with E-state index in [4.69, 9.17) is 17.3 Å². The quantitative estimate of drug-likeness (QED) is 0.835. The molecule has 0 radical (unpaired) electrons. The molecule has 100 valence electrons. The Kier molecular flexibility index (Phi) is 3.73. The number of aryl methyl sites for hydroxylation is 1. The highest BCUT2D eigenvalue weighted by Crippen LogP contribution is 2.27. The summed E-state index contributed by atoms with van der Waals surface area (Å²) in [5.41, 5.74) is 8.19. The largest absolute Gasteiger partial charge is 0.398 e. The highest BCUT2D eigenvalue weighted by Gasteiger charge is 2.27.